The fourth-order valence-electron chi connectivity index (χ4n) is 0.873. The van der Waals surface area contributed by atoms with Crippen LogP contribution >= 0.6 is 0 Å². The van der Waals surface area contributed by atoms with E-state index in [1.54, 1.807) is 40.7 Å². The van der Waals surface area contributed by atoms with Crippen LogP contribution in [-0.2, 0) is 19.1 Å². The minimum Gasteiger partial charge on any atom is -0.457 e. The summed E-state index contributed by atoms with van der Waals surface area (Å²) in [7, 11) is 0. The zero-order chi connectivity index (χ0) is 13.9. The molecule has 4 heteroatoms. The third-order valence-electron chi connectivity index (χ3n) is 1.99. The molecule has 0 fully saturated rings. The monoisotopic (exact) mass is 242 g/mol. The average molecular weight is 242 g/mol. The number of rotatable bonds is 3. The highest BCUT2D eigenvalue weighted by molar-refractivity contribution is 5.91. The molecule has 0 saturated carbocycles. The molecular weight excluding hydrogens is 220 g/mol. The molecule has 4 nitrogen and oxygen atoms in total. The number of ether oxygens (including phenoxy) is 2. The van der Waals surface area contributed by atoms with Crippen LogP contribution in [0.25, 0.3) is 0 Å². The lowest BCUT2D eigenvalue weighted by Gasteiger charge is -2.28. The maximum atomic E-state index is 11.8. The molecule has 0 rings (SSSR count). The first-order chi connectivity index (χ1) is 7.49. The summed E-state index contributed by atoms with van der Waals surface area (Å²) in [6.07, 6.45) is 1.63. The Morgan fingerprint density at radius 3 is 1.82 bits per heavy atom. The Bertz CT molecular complexity index is 332. The first kappa shape index (κ1) is 15.7. The predicted octanol–water partition coefficient (Wildman–Crippen LogP) is 2.62. The molecule has 0 N–H and O–H groups in total. The minimum absolute atomic E-state index is 0.460. The number of hydrogen-bond donors (Lipinski definition) is 0. The maximum absolute atomic E-state index is 11.8. The lowest BCUT2D eigenvalue weighted by atomic mass is 10.1. The number of carbonyl (C=O) groups excluding carboxylic acids is 2. The summed E-state index contributed by atoms with van der Waals surface area (Å²) in [5.41, 5.74) is -1.42. The second kappa shape index (κ2) is 5.34. The van der Waals surface area contributed by atoms with Crippen LogP contribution in [-0.4, -0.2) is 23.1 Å². The highest BCUT2D eigenvalue weighted by Crippen LogP contribution is 2.18. The SMILES string of the molecule is CC=C(C)C(=O)OC(C)(C)C(=O)OC(C)(C)C. The summed E-state index contributed by atoms with van der Waals surface area (Å²) in [5, 5.41) is 0. The standard InChI is InChI=1S/C13H22O4/c1-8-9(2)10(14)16-13(6,7)11(15)17-12(3,4)5/h8H,1-7H3. The van der Waals surface area contributed by atoms with E-state index in [-0.39, 0.29) is 0 Å². The first-order valence-electron chi connectivity index (χ1n) is 5.59. The van der Waals surface area contributed by atoms with Crippen molar-refractivity contribution < 1.29 is 19.1 Å². The third-order valence-corrected chi connectivity index (χ3v) is 1.99. The number of allylic oxidation sites excluding steroid dienone is 1. The van der Waals surface area contributed by atoms with Gasteiger partial charge in [0.2, 0.25) is 5.60 Å². The molecule has 0 spiro atoms. The van der Waals surface area contributed by atoms with E-state index < -0.39 is 23.1 Å². The molecule has 0 aliphatic heterocycles. The highest BCUT2D eigenvalue weighted by atomic mass is 16.6. The quantitative estimate of drug-likeness (QED) is 0.564. The van der Waals surface area contributed by atoms with E-state index in [4.69, 9.17) is 9.47 Å². The Labute approximate surface area is 103 Å². The summed E-state index contributed by atoms with van der Waals surface area (Å²) in [6, 6.07) is 0. The molecule has 17 heavy (non-hydrogen) atoms. The van der Waals surface area contributed by atoms with Crippen LogP contribution in [0, 0.1) is 0 Å². The molecule has 0 aliphatic rings. The first-order valence-corrected chi connectivity index (χ1v) is 5.59. The molecule has 0 aliphatic carbocycles. The summed E-state index contributed by atoms with van der Waals surface area (Å²) in [5.74, 6) is -1.06. The van der Waals surface area contributed by atoms with Crippen LogP contribution in [0.5, 0.6) is 0 Å². The van der Waals surface area contributed by atoms with Gasteiger partial charge < -0.3 is 9.47 Å². The van der Waals surface area contributed by atoms with Crippen LogP contribution in [0.15, 0.2) is 11.6 Å². The second-order valence-corrected chi connectivity index (χ2v) is 5.37. The summed E-state index contributed by atoms with van der Waals surface area (Å²) >= 11 is 0. The van der Waals surface area contributed by atoms with Gasteiger partial charge in [0.05, 0.1) is 0 Å². The summed E-state index contributed by atoms with van der Waals surface area (Å²) in [4.78, 5) is 23.4. The Hall–Kier alpha value is -1.32. The van der Waals surface area contributed by atoms with Crippen LogP contribution in [0.1, 0.15) is 48.5 Å². The lowest BCUT2D eigenvalue weighted by Crippen LogP contribution is -2.42. The van der Waals surface area contributed by atoms with Gasteiger partial charge in [0, 0.05) is 5.57 Å². The van der Waals surface area contributed by atoms with Crippen LogP contribution < -0.4 is 0 Å². The number of hydrogen-bond acceptors (Lipinski definition) is 4. The maximum Gasteiger partial charge on any atom is 0.350 e. The molecule has 0 heterocycles. The molecule has 0 atom stereocenters. The van der Waals surface area contributed by atoms with E-state index >= 15 is 0 Å². The second-order valence-electron chi connectivity index (χ2n) is 5.37. The van der Waals surface area contributed by atoms with Gasteiger partial charge in [-0.15, -0.1) is 0 Å². The van der Waals surface area contributed by atoms with E-state index in [0.29, 0.717) is 5.57 Å². The van der Waals surface area contributed by atoms with Gasteiger partial charge in [-0.3, -0.25) is 0 Å². The van der Waals surface area contributed by atoms with Gasteiger partial charge in [0.15, 0.2) is 0 Å². The fourth-order valence-corrected chi connectivity index (χ4v) is 0.873. The van der Waals surface area contributed by atoms with Crippen LogP contribution in [0.4, 0.5) is 0 Å². The van der Waals surface area contributed by atoms with Gasteiger partial charge in [0.25, 0.3) is 0 Å². The smallest absolute Gasteiger partial charge is 0.350 e. The normalized spacial score (nSPS) is 13.2. The number of carbonyl (C=O) groups is 2. The lowest BCUT2D eigenvalue weighted by molar-refractivity contribution is -0.184. The van der Waals surface area contributed by atoms with Crippen molar-refractivity contribution in [2.45, 2.75) is 59.7 Å². The Kier molecular flexibility index (Phi) is 4.93. The van der Waals surface area contributed by atoms with Gasteiger partial charge >= 0.3 is 11.9 Å². The van der Waals surface area contributed by atoms with E-state index in [0.717, 1.165) is 0 Å². The zero-order valence-corrected chi connectivity index (χ0v) is 11.7. The summed E-state index contributed by atoms with van der Waals surface area (Å²) in [6.45, 7) is 11.7. The molecule has 0 amide bonds. The Balaban J connectivity index is 4.69. The predicted molar refractivity (Wildman–Crippen MR) is 65.4 cm³/mol. The van der Waals surface area contributed by atoms with Crippen molar-refractivity contribution >= 4 is 11.9 Å². The average Bonchev–Trinajstić information content (AvgIpc) is 2.13. The highest BCUT2D eigenvalue weighted by Gasteiger charge is 2.36. The Morgan fingerprint density at radius 2 is 1.47 bits per heavy atom. The molecule has 0 aromatic carbocycles. The number of esters is 2. The van der Waals surface area contributed by atoms with Gasteiger partial charge in [-0.25, -0.2) is 9.59 Å². The topological polar surface area (TPSA) is 52.6 Å². The van der Waals surface area contributed by atoms with Gasteiger partial charge in [-0.05, 0) is 48.5 Å². The van der Waals surface area contributed by atoms with E-state index in [1.165, 1.54) is 13.8 Å². The van der Waals surface area contributed by atoms with Crippen molar-refractivity contribution in [3.63, 3.8) is 0 Å². The van der Waals surface area contributed by atoms with Gasteiger partial charge in [-0.1, -0.05) is 6.08 Å². The van der Waals surface area contributed by atoms with Crippen molar-refractivity contribution in [3.05, 3.63) is 11.6 Å². The minimum atomic E-state index is -1.28. The third kappa shape index (κ3) is 5.52. The van der Waals surface area contributed by atoms with Crippen molar-refractivity contribution in [1.29, 1.82) is 0 Å². The van der Waals surface area contributed by atoms with Crippen LogP contribution in [0.2, 0.25) is 0 Å². The van der Waals surface area contributed by atoms with Crippen LogP contribution in [0.3, 0.4) is 0 Å². The molecule has 0 bridgehead atoms. The fraction of sp³-hybridized carbons (Fsp3) is 0.692. The van der Waals surface area contributed by atoms with E-state index in [9.17, 15) is 9.59 Å². The van der Waals surface area contributed by atoms with Crippen molar-refractivity contribution in [1.82, 2.24) is 0 Å². The molecule has 0 radical (unpaired) electrons. The van der Waals surface area contributed by atoms with Crippen molar-refractivity contribution in [2.75, 3.05) is 0 Å². The molecular formula is C13H22O4. The molecule has 0 unspecified atom stereocenters. The molecule has 0 saturated heterocycles. The molecule has 0 aromatic heterocycles. The summed E-state index contributed by atoms with van der Waals surface area (Å²) < 4.78 is 10.3. The van der Waals surface area contributed by atoms with Crippen molar-refractivity contribution in [2.24, 2.45) is 0 Å². The van der Waals surface area contributed by atoms with Gasteiger partial charge in [0.1, 0.15) is 5.60 Å². The van der Waals surface area contributed by atoms with E-state index in [1.807, 2.05) is 0 Å². The zero-order valence-electron chi connectivity index (χ0n) is 11.7. The van der Waals surface area contributed by atoms with Gasteiger partial charge in [-0.2, -0.15) is 0 Å². The largest absolute Gasteiger partial charge is 0.457 e. The van der Waals surface area contributed by atoms with E-state index in [2.05, 4.69) is 0 Å². The molecule has 98 valence electrons. The molecule has 0 aromatic rings. The van der Waals surface area contributed by atoms with Crippen molar-refractivity contribution in [3.8, 4) is 0 Å². The Morgan fingerprint density at radius 1 is 1.00 bits per heavy atom.